The molecule has 24 heavy (non-hydrogen) atoms. The molecular formula is C22H36N2. The van der Waals surface area contributed by atoms with Gasteiger partial charge in [-0.3, -0.25) is 4.90 Å². The van der Waals surface area contributed by atoms with Crippen LogP contribution in [0, 0.1) is 11.8 Å². The van der Waals surface area contributed by atoms with Crippen molar-refractivity contribution >= 4 is 0 Å². The van der Waals surface area contributed by atoms with Crippen molar-refractivity contribution in [2.45, 2.75) is 77.3 Å². The van der Waals surface area contributed by atoms with E-state index in [2.05, 4.69) is 29.2 Å². The van der Waals surface area contributed by atoms with Gasteiger partial charge in [0, 0.05) is 26.2 Å². The summed E-state index contributed by atoms with van der Waals surface area (Å²) < 4.78 is 0. The molecular weight excluding hydrogens is 292 g/mol. The average Bonchev–Trinajstić information content (AvgIpc) is 2.64. The Morgan fingerprint density at radius 1 is 0.708 bits per heavy atom. The summed E-state index contributed by atoms with van der Waals surface area (Å²) in [6, 6.07) is 8.98. The first kappa shape index (κ1) is 17.9. The standard InChI is InChI=1S/C22H36N2/c23-15-19-11-13-22(14-12-19)18-24(16-20-7-3-1-4-8-20)17-21-9-5-2-6-10-21/h11-14,20-21H,1-10,15-18,23H2. The number of hydrogen-bond donors (Lipinski definition) is 1. The third-order valence-electron chi connectivity index (χ3n) is 6.15. The minimum Gasteiger partial charge on any atom is -0.326 e. The fourth-order valence-corrected chi connectivity index (χ4v) is 4.71. The minimum atomic E-state index is 0.647. The van der Waals surface area contributed by atoms with Gasteiger partial charge in [0.25, 0.3) is 0 Å². The first-order chi connectivity index (χ1) is 11.8. The Kier molecular flexibility index (Phi) is 7.16. The maximum Gasteiger partial charge on any atom is 0.0233 e. The molecule has 0 bridgehead atoms. The molecule has 2 heteroatoms. The number of benzene rings is 1. The second-order valence-electron chi connectivity index (χ2n) is 8.22. The predicted octanol–water partition coefficient (Wildman–Crippen LogP) is 5.11. The summed E-state index contributed by atoms with van der Waals surface area (Å²) in [4.78, 5) is 2.78. The monoisotopic (exact) mass is 328 g/mol. The van der Waals surface area contributed by atoms with Crippen LogP contribution in [0.3, 0.4) is 0 Å². The normalized spacial score (nSPS) is 20.6. The van der Waals surface area contributed by atoms with Crippen LogP contribution in [-0.4, -0.2) is 18.0 Å². The maximum absolute atomic E-state index is 5.74. The highest BCUT2D eigenvalue weighted by Crippen LogP contribution is 2.28. The fourth-order valence-electron chi connectivity index (χ4n) is 4.71. The molecule has 2 fully saturated rings. The molecule has 1 aromatic carbocycles. The molecule has 1 aromatic rings. The zero-order valence-corrected chi connectivity index (χ0v) is 15.4. The highest BCUT2D eigenvalue weighted by atomic mass is 15.1. The van der Waals surface area contributed by atoms with Gasteiger partial charge in [0.05, 0.1) is 0 Å². The van der Waals surface area contributed by atoms with E-state index >= 15 is 0 Å². The van der Waals surface area contributed by atoms with E-state index in [0.29, 0.717) is 6.54 Å². The maximum atomic E-state index is 5.74. The van der Waals surface area contributed by atoms with Gasteiger partial charge in [-0.05, 0) is 48.6 Å². The van der Waals surface area contributed by atoms with Crippen molar-refractivity contribution in [2.24, 2.45) is 17.6 Å². The van der Waals surface area contributed by atoms with Crippen molar-refractivity contribution in [3.8, 4) is 0 Å². The molecule has 0 radical (unpaired) electrons. The van der Waals surface area contributed by atoms with Crippen molar-refractivity contribution in [1.29, 1.82) is 0 Å². The summed E-state index contributed by atoms with van der Waals surface area (Å²) in [5.41, 5.74) is 8.44. The molecule has 3 rings (SSSR count). The van der Waals surface area contributed by atoms with Crippen molar-refractivity contribution < 1.29 is 0 Å². The first-order valence-electron chi connectivity index (χ1n) is 10.3. The van der Waals surface area contributed by atoms with Crippen molar-refractivity contribution in [3.63, 3.8) is 0 Å². The van der Waals surface area contributed by atoms with E-state index in [9.17, 15) is 0 Å². The molecule has 2 aliphatic carbocycles. The van der Waals surface area contributed by atoms with Gasteiger partial charge in [-0.15, -0.1) is 0 Å². The summed E-state index contributed by atoms with van der Waals surface area (Å²) in [6.45, 7) is 4.40. The second-order valence-corrected chi connectivity index (χ2v) is 8.22. The highest BCUT2D eigenvalue weighted by Gasteiger charge is 2.21. The van der Waals surface area contributed by atoms with E-state index in [4.69, 9.17) is 5.73 Å². The van der Waals surface area contributed by atoms with Gasteiger partial charge in [0.15, 0.2) is 0 Å². The molecule has 0 saturated heterocycles. The lowest BCUT2D eigenvalue weighted by atomic mass is 9.86. The fraction of sp³-hybridized carbons (Fsp3) is 0.727. The quantitative estimate of drug-likeness (QED) is 0.754. The lowest BCUT2D eigenvalue weighted by Gasteiger charge is -2.33. The Labute approximate surface area is 148 Å². The Morgan fingerprint density at radius 3 is 1.62 bits per heavy atom. The van der Waals surface area contributed by atoms with Gasteiger partial charge in [-0.2, -0.15) is 0 Å². The van der Waals surface area contributed by atoms with Crippen LogP contribution in [-0.2, 0) is 13.1 Å². The van der Waals surface area contributed by atoms with E-state index in [1.807, 2.05) is 0 Å². The van der Waals surface area contributed by atoms with Gasteiger partial charge in [-0.1, -0.05) is 62.8 Å². The van der Waals surface area contributed by atoms with E-state index in [-0.39, 0.29) is 0 Å². The van der Waals surface area contributed by atoms with E-state index in [0.717, 1.165) is 18.4 Å². The Bertz CT molecular complexity index is 435. The van der Waals surface area contributed by atoms with Crippen molar-refractivity contribution in [2.75, 3.05) is 13.1 Å². The van der Waals surface area contributed by atoms with Crippen LogP contribution in [0.25, 0.3) is 0 Å². The molecule has 0 spiro atoms. The minimum absolute atomic E-state index is 0.647. The Hall–Kier alpha value is -0.860. The molecule has 2 N–H and O–H groups in total. The third kappa shape index (κ3) is 5.60. The number of nitrogens with two attached hydrogens (primary N) is 1. The Balaban J connectivity index is 1.60. The summed E-state index contributed by atoms with van der Waals surface area (Å²) >= 11 is 0. The summed E-state index contributed by atoms with van der Waals surface area (Å²) in [6.07, 6.45) is 14.5. The lowest BCUT2D eigenvalue weighted by molar-refractivity contribution is 0.153. The molecule has 0 unspecified atom stereocenters. The molecule has 2 nitrogen and oxygen atoms in total. The molecule has 134 valence electrons. The van der Waals surface area contributed by atoms with E-state index in [1.165, 1.54) is 88.4 Å². The summed E-state index contributed by atoms with van der Waals surface area (Å²) in [5, 5.41) is 0. The van der Waals surface area contributed by atoms with Crippen molar-refractivity contribution in [3.05, 3.63) is 35.4 Å². The molecule has 2 saturated carbocycles. The number of nitrogens with zero attached hydrogens (tertiary/aromatic N) is 1. The average molecular weight is 329 g/mol. The van der Waals surface area contributed by atoms with Gasteiger partial charge < -0.3 is 5.73 Å². The highest BCUT2D eigenvalue weighted by molar-refractivity contribution is 5.22. The molecule has 0 amide bonds. The van der Waals surface area contributed by atoms with Gasteiger partial charge in [0.2, 0.25) is 0 Å². The van der Waals surface area contributed by atoms with Crippen LogP contribution in [0.2, 0.25) is 0 Å². The Morgan fingerprint density at radius 2 is 1.17 bits per heavy atom. The summed E-state index contributed by atoms with van der Waals surface area (Å²) in [5.74, 6) is 1.87. The lowest BCUT2D eigenvalue weighted by Crippen LogP contribution is -2.35. The van der Waals surface area contributed by atoms with Crippen LogP contribution in [0.15, 0.2) is 24.3 Å². The van der Waals surface area contributed by atoms with E-state index < -0.39 is 0 Å². The van der Waals surface area contributed by atoms with Gasteiger partial charge in [0.1, 0.15) is 0 Å². The smallest absolute Gasteiger partial charge is 0.0233 e. The van der Waals surface area contributed by atoms with Crippen molar-refractivity contribution in [1.82, 2.24) is 4.90 Å². The van der Waals surface area contributed by atoms with Gasteiger partial charge >= 0.3 is 0 Å². The van der Waals surface area contributed by atoms with Crippen LogP contribution in [0.4, 0.5) is 0 Å². The first-order valence-corrected chi connectivity index (χ1v) is 10.3. The predicted molar refractivity (Wildman–Crippen MR) is 103 cm³/mol. The SMILES string of the molecule is NCc1ccc(CN(CC2CCCCC2)CC2CCCCC2)cc1. The summed E-state index contributed by atoms with van der Waals surface area (Å²) in [7, 11) is 0. The largest absolute Gasteiger partial charge is 0.326 e. The molecule has 0 aromatic heterocycles. The van der Waals surface area contributed by atoms with Gasteiger partial charge in [-0.25, -0.2) is 0 Å². The topological polar surface area (TPSA) is 29.3 Å². The number of rotatable bonds is 7. The molecule has 0 atom stereocenters. The van der Waals surface area contributed by atoms with Crippen LogP contribution in [0.1, 0.15) is 75.3 Å². The zero-order valence-electron chi connectivity index (χ0n) is 15.4. The molecule has 2 aliphatic rings. The molecule has 0 aliphatic heterocycles. The third-order valence-corrected chi connectivity index (χ3v) is 6.15. The zero-order chi connectivity index (χ0) is 16.6. The number of hydrogen-bond acceptors (Lipinski definition) is 2. The van der Waals surface area contributed by atoms with Crippen LogP contribution >= 0.6 is 0 Å². The second kappa shape index (κ2) is 9.58. The van der Waals surface area contributed by atoms with E-state index in [1.54, 1.807) is 0 Å². The molecule has 0 heterocycles. The van der Waals surface area contributed by atoms with Crippen LogP contribution in [0.5, 0.6) is 0 Å². The van der Waals surface area contributed by atoms with Crippen LogP contribution < -0.4 is 5.73 Å².